The number of nitrogens with one attached hydrogen (secondary N) is 1. The van der Waals surface area contributed by atoms with Crippen molar-refractivity contribution in [3.8, 4) is 22.6 Å². The highest BCUT2D eigenvalue weighted by Gasteiger charge is 2.33. The number of hydrogen-bond donors (Lipinski definition) is 1. The number of thiazole rings is 1. The first-order valence-corrected chi connectivity index (χ1v) is 15.3. The third-order valence-corrected chi connectivity index (χ3v) is 10.3. The van der Waals surface area contributed by atoms with Gasteiger partial charge in [0, 0.05) is 40.0 Å². The van der Waals surface area contributed by atoms with E-state index in [1.54, 1.807) is 42.6 Å². The first-order valence-electron chi connectivity index (χ1n) is 12.5. The molecular formula is C28H24ClN5O3S2. The minimum absolute atomic E-state index is 0.0805. The van der Waals surface area contributed by atoms with Gasteiger partial charge in [0.25, 0.3) is 0 Å². The third kappa shape index (κ3) is 5.07. The molecule has 1 aliphatic carbocycles. The fourth-order valence-corrected chi connectivity index (χ4v) is 7.77. The second-order valence-electron chi connectivity index (χ2n) is 9.50. The number of rotatable bonds is 7. The molecular weight excluding hydrogens is 554 g/mol. The molecule has 1 unspecified atom stereocenters. The van der Waals surface area contributed by atoms with Crippen LogP contribution in [0.3, 0.4) is 0 Å². The summed E-state index contributed by atoms with van der Waals surface area (Å²) in [6.07, 6.45) is 7.16. The van der Waals surface area contributed by atoms with E-state index in [1.807, 2.05) is 34.2 Å². The Kier molecular flexibility index (Phi) is 6.92. The van der Waals surface area contributed by atoms with Crippen LogP contribution in [0.5, 0.6) is 0 Å². The van der Waals surface area contributed by atoms with E-state index >= 15 is 0 Å². The van der Waals surface area contributed by atoms with Gasteiger partial charge in [0.05, 0.1) is 21.5 Å². The minimum atomic E-state index is -3.48. The zero-order valence-electron chi connectivity index (χ0n) is 20.7. The number of benzene rings is 2. The number of aldehydes is 1. The van der Waals surface area contributed by atoms with Crippen LogP contribution in [0.2, 0.25) is 5.02 Å². The zero-order chi connectivity index (χ0) is 27.0. The van der Waals surface area contributed by atoms with Crippen molar-refractivity contribution in [3.05, 3.63) is 83.0 Å². The summed E-state index contributed by atoms with van der Waals surface area (Å²) in [5.74, 6) is 0.439. The molecule has 1 saturated carbocycles. The lowest BCUT2D eigenvalue weighted by Crippen LogP contribution is -2.35. The fraction of sp³-hybridized carbons (Fsp3) is 0.214. The summed E-state index contributed by atoms with van der Waals surface area (Å²) in [6, 6.07) is 15.4. The van der Waals surface area contributed by atoms with Crippen LogP contribution in [-0.2, 0) is 9.84 Å². The minimum Gasteiger partial charge on any atom is -0.351 e. The number of halogens is 1. The molecule has 2 atom stereocenters. The average Bonchev–Trinajstić information content (AvgIpc) is 3.55. The Morgan fingerprint density at radius 1 is 1.03 bits per heavy atom. The van der Waals surface area contributed by atoms with Crippen LogP contribution in [0, 0.1) is 0 Å². The second kappa shape index (κ2) is 10.5. The fourth-order valence-electron chi connectivity index (χ4n) is 5.07. The molecule has 8 nitrogen and oxygen atoms in total. The molecule has 5 aromatic rings. The normalized spacial score (nSPS) is 17.8. The molecule has 0 amide bonds. The number of imidazole rings is 1. The largest absolute Gasteiger partial charge is 0.351 e. The van der Waals surface area contributed by atoms with E-state index in [-0.39, 0.29) is 6.04 Å². The van der Waals surface area contributed by atoms with Crippen molar-refractivity contribution in [2.75, 3.05) is 5.32 Å². The molecule has 1 fully saturated rings. The van der Waals surface area contributed by atoms with Crippen LogP contribution in [0.4, 0.5) is 5.95 Å². The number of fused-ring (bicyclic) bond motifs is 1. The van der Waals surface area contributed by atoms with Crippen LogP contribution >= 0.6 is 22.9 Å². The topological polar surface area (TPSA) is 106 Å². The molecule has 0 saturated heterocycles. The Labute approximate surface area is 234 Å². The lowest BCUT2D eigenvalue weighted by atomic mass is 9.95. The molecule has 39 heavy (non-hydrogen) atoms. The van der Waals surface area contributed by atoms with E-state index in [2.05, 4.69) is 10.3 Å². The summed E-state index contributed by atoms with van der Waals surface area (Å²) in [5, 5.41) is 5.37. The molecule has 2 aromatic carbocycles. The number of carbonyl (C=O) groups is 1. The monoisotopic (exact) mass is 577 g/mol. The van der Waals surface area contributed by atoms with E-state index in [1.165, 1.54) is 11.3 Å². The molecule has 0 radical (unpaired) electrons. The predicted octanol–water partition coefficient (Wildman–Crippen LogP) is 6.18. The molecule has 1 N–H and O–H groups in total. The summed E-state index contributed by atoms with van der Waals surface area (Å²) >= 11 is 7.48. The van der Waals surface area contributed by atoms with E-state index < -0.39 is 15.1 Å². The van der Waals surface area contributed by atoms with Crippen molar-refractivity contribution in [3.63, 3.8) is 0 Å². The van der Waals surface area contributed by atoms with Gasteiger partial charge in [-0.15, -0.1) is 11.3 Å². The average molecular weight is 578 g/mol. The number of nitrogens with zero attached hydrogens (tertiary/aromatic N) is 4. The van der Waals surface area contributed by atoms with Gasteiger partial charge in [-0.3, -0.25) is 9.20 Å². The van der Waals surface area contributed by atoms with Gasteiger partial charge in [-0.1, -0.05) is 42.3 Å². The van der Waals surface area contributed by atoms with E-state index in [4.69, 9.17) is 21.6 Å². The van der Waals surface area contributed by atoms with Gasteiger partial charge in [0.2, 0.25) is 5.95 Å². The standard InChI is InChI=1S/C28H24ClN5O3S2/c29-20-8-10-22(11-9-20)39(36,37)23-3-1-2-21(16-23)31-27-30-13-12-24(32-27)26-25(33-28-34(26)14-15-38-28)19-6-4-18(17-35)5-7-19/h4-15,17,21,23H,1-3,16H2,(H,30,31,32)/t21-,23?/m1/s1. The van der Waals surface area contributed by atoms with E-state index in [0.717, 1.165) is 41.0 Å². The molecule has 6 rings (SSSR count). The number of carbonyl (C=O) groups excluding carboxylic acids is 1. The molecule has 3 aromatic heterocycles. The molecule has 0 bridgehead atoms. The van der Waals surface area contributed by atoms with Gasteiger partial charge in [-0.05, 0) is 49.6 Å². The smallest absolute Gasteiger partial charge is 0.223 e. The molecule has 11 heteroatoms. The quantitative estimate of drug-likeness (QED) is 0.230. The zero-order valence-corrected chi connectivity index (χ0v) is 23.1. The van der Waals surface area contributed by atoms with Crippen molar-refractivity contribution >= 4 is 50.0 Å². The van der Waals surface area contributed by atoms with Crippen LogP contribution in [0.1, 0.15) is 36.0 Å². The van der Waals surface area contributed by atoms with Crippen molar-refractivity contribution in [1.29, 1.82) is 0 Å². The Morgan fingerprint density at radius 2 is 1.82 bits per heavy atom. The predicted molar refractivity (Wildman–Crippen MR) is 153 cm³/mol. The van der Waals surface area contributed by atoms with Gasteiger partial charge in [0.15, 0.2) is 14.8 Å². The van der Waals surface area contributed by atoms with Crippen LogP contribution in [0.15, 0.2) is 77.3 Å². The summed E-state index contributed by atoms with van der Waals surface area (Å²) in [7, 11) is -3.48. The SMILES string of the molecule is O=Cc1ccc(-c2nc3sccn3c2-c2ccnc(N[C@@H]3CCCC(S(=O)(=O)c4ccc(Cl)cc4)C3)n2)cc1. The molecule has 0 aliphatic heterocycles. The maximum atomic E-state index is 13.3. The molecule has 3 heterocycles. The Morgan fingerprint density at radius 3 is 2.59 bits per heavy atom. The van der Waals surface area contributed by atoms with Gasteiger partial charge in [-0.25, -0.2) is 23.4 Å². The summed E-state index contributed by atoms with van der Waals surface area (Å²) in [6.45, 7) is 0. The Bertz CT molecular complexity index is 1750. The molecule has 0 spiro atoms. The van der Waals surface area contributed by atoms with Crippen molar-refractivity contribution in [2.45, 2.75) is 41.9 Å². The van der Waals surface area contributed by atoms with E-state index in [9.17, 15) is 13.2 Å². The van der Waals surface area contributed by atoms with Gasteiger partial charge >= 0.3 is 0 Å². The molecule has 1 aliphatic rings. The maximum absolute atomic E-state index is 13.3. The van der Waals surface area contributed by atoms with Crippen molar-refractivity contribution in [1.82, 2.24) is 19.4 Å². The Hall–Kier alpha value is -3.60. The van der Waals surface area contributed by atoms with Crippen LogP contribution in [-0.4, -0.2) is 45.3 Å². The van der Waals surface area contributed by atoms with Gasteiger partial charge in [0.1, 0.15) is 12.0 Å². The van der Waals surface area contributed by atoms with Crippen LogP contribution < -0.4 is 5.32 Å². The number of anilines is 1. The number of aromatic nitrogens is 4. The number of sulfone groups is 1. The highest BCUT2D eigenvalue weighted by molar-refractivity contribution is 7.92. The van der Waals surface area contributed by atoms with Gasteiger partial charge < -0.3 is 5.32 Å². The lowest BCUT2D eigenvalue weighted by Gasteiger charge is -2.29. The van der Waals surface area contributed by atoms with Gasteiger partial charge in [-0.2, -0.15) is 0 Å². The first kappa shape index (κ1) is 25.7. The maximum Gasteiger partial charge on any atom is 0.223 e. The lowest BCUT2D eigenvalue weighted by molar-refractivity contribution is 0.112. The van der Waals surface area contributed by atoms with Crippen molar-refractivity contribution < 1.29 is 13.2 Å². The first-order chi connectivity index (χ1) is 18.9. The third-order valence-electron chi connectivity index (χ3n) is 7.02. The van der Waals surface area contributed by atoms with Crippen LogP contribution in [0.25, 0.3) is 27.6 Å². The Balaban J connectivity index is 1.27. The van der Waals surface area contributed by atoms with E-state index in [0.29, 0.717) is 40.0 Å². The summed E-state index contributed by atoms with van der Waals surface area (Å²) < 4.78 is 28.6. The second-order valence-corrected chi connectivity index (χ2v) is 13.0. The molecule has 198 valence electrons. The summed E-state index contributed by atoms with van der Waals surface area (Å²) in [5.41, 5.74) is 3.74. The highest BCUT2D eigenvalue weighted by atomic mass is 35.5. The highest BCUT2D eigenvalue weighted by Crippen LogP contribution is 2.35. The number of hydrogen-bond acceptors (Lipinski definition) is 8. The van der Waals surface area contributed by atoms with Crippen molar-refractivity contribution in [2.24, 2.45) is 0 Å². The summed E-state index contributed by atoms with van der Waals surface area (Å²) in [4.78, 5) is 26.3.